The fraction of sp³-hybridized carbons (Fsp3) is 0.556. The Balaban J connectivity index is 2.56. The standard InChI is InChI=1S/C9H11FN2O5/c10-5-3-17-9(4-13,7(5)15)12-2-1-6(14)11-8(12)16/h1-2,5,7,13,15H,3-4H2,(H,11,14,16)/t5-,7-,9-/m0/s1. The van der Waals surface area contributed by atoms with E-state index >= 15 is 0 Å². The van der Waals surface area contributed by atoms with E-state index in [2.05, 4.69) is 0 Å². The monoisotopic (exact) mass is 246 g/mol. The van der Waals surface area contributed by atoms with Gasteiger partial charge in [-0.15, -0.1) is 0 Å². The molecule has 0 bridgehead atoms. The SMILES string of the molecule is O=c1ccn([C@@]2(CO)OC[C@H](F)[C@@H]2O)c(=O)[nH]1. The van der Waals surface area contributed by atoms with Gasteiger partial charge in [-0.25, -0.2) is 9.18 Å². The summed E-state index contributed by atoms with van der Waals surface area (Å²) in [5, 5.41) is 18.9. The van der Waals surface area contributed by atoms with E-state index in [1.54, 1.807) is 0 Å². The smallest absolute Gasteiger partial charge is 0.330 e. The van der Waals surface area contributed by atoms with Gasteiger partial charge in [-0.05, 0) is 0 Å². The molecule has 0 radical (unpaired) electrons. The van der Waals surface area contributed by atoms with Crippen LogP contribution >= 0.6 is 0 Å². The normalized spacial score (nSPS) is 32.9. The molecule has 0 aromatic carbocycles. The van der Waals surface area contributed by atoms with E-state index in [9.17, 15) is 24.2 Å². The second-order valence-electron chi connectivity index (χ2n) is 3.75. The molecule has 8 heteroatoms. The minimum absolute atomic E-state index is 0.437. The zero-order valence-electron chi connectivity index (χ0n) is 8.67. The number of aliphatic hydroxyl groups is 2. The molecule has 1 saturated heterocycles. The van der Waals surface area contributed by atoms with Crippen molar-refractivity contribution in [3.8, 4) is 0 Å². The zero-order chi connectivity index (χ0) is 12.6. The number of halogens is 1. The number of nitrogens with zero attached hydrogens (tertiary/aromatic N) is 1. The number of H-pyrrole nitrogens is 1. The largest absolute Gasteiger partial charge is 0.391 e. The Kier molecular flexibility index (Phi) is 2.86. The molecule has 0 aliphatic carbocycles. The summed E-state index contributed by atoms with van der Waals surface area (Å²) in [5.41, 5.74) is -3.41. The predicted molar refractivity (Wildman–Crippen MR) is 53.2 cm³/mol. The number of aromatic amines is 1. The van der Waals surface area contributed by atoms with Crippen molar-refractivity contribution >= 4 is 0 Å². The molecule has 2 rings (SSSR count). The summed E-state index contributed by atoms with van der Waals surface area (Å²) >= 11 is 0. The highest BCUT2D eigenvalue weighted by Gasteiger charge is 2.51. The first-order valence-electron chi connectivity index (χ1n) is 4.90. The highest BCUT2D eigenvalue weighted by Crippen LogP contribution is 2.31. The van der Waals surface area contributed by atoms with Crippen molar-refractivity contribution in [1.29, 1.82) is 0 Å². The van der Waals surface area contributed by atoms with Gasteiger partial charge < -0.3 is 14.9 Å². The van der Waals surface area contributed by atoms with Gasteiger partial charge in [-0.1, -0.05) is 0 Å². The molecule has 0 amide bonds. The van der Waals surface area contributed by atoms with Gasteiger partial charge in [0.15, 0.2) is 6.17 Å². The second kappa shape index (κ2) is 4.06. The molecule has 94 valence electrons. The first-order chi connectivity index (χ1) is 8.01. The molecule has 1 fully saturated rings. The fourth-order valence-electron chi connectivity index (χ4n) is 1.83. The van der Waals surface area contributed by atoms with Crippen LogP contribution in [0.3, 0.4) is 0 Å². The summed E-state index contributed by atoms with van der Waals surface area (Å²) < 4.78 is 19.0. The van der Waals surface area contributed by atoms with E-state index in [1.165, 1.54) is 0 Å². The van der Waals surface area contributed by atoms with E-state index in [-0.39, 0.29) is 0 Å². The molecule has 0 spiro atoms. The predicted octanol–water partition coefficient (Wildman–Crippen LogP) is -2.09. The van der Waals surface area contributed by atoms with E-state index < -0.39 is 42.5 Å². The summed E-state index contributed by atoms with van der Waals surface area (Å²) in [6.07, 6.45) is -2.35. The topological polar surface area (TPSA) is 105 Å². The Hall–Kier alpha value is -1.51. The van der Waals surface area contributed by atoms with Crippen molar-refractivity contribution in [2.45, 2.75) is 18.0 Å². The third-order valence-corrected chi connectivity index (χ3v) is 2.76. The first-order valence-corrected chi connectivity index (χ1v) is 4.90. The van der Waals surface area contributed by atoms with Crippen LogP contribution in [-0.2, 0) is 10.5 Å². The molecule has 1 aliphatic heterocycles. The minimum Gasteiger partial charge on any atom is -0.391 e. The van der Waals surface area contributed by atoms with Crippen molar-refractivity contribution in [2.24, 2.45) is 0 Å². The third-order valence-electron chi connectivity index (χ3n) is 2.76. The van der Waals surface area contributed by atoms with Crippen LogP contribution in [0, 0.1) is 0 Å². The molecule has 1 aliphatic rings. The lowest BCUT2D eigenvalue weighted by Crippen LogP contribution is -2.53. The van der Waals surface area contributed by atoms with Crippen molar-refractivity contribution in [3.63, 3.8) is 0 Å². The van der Waals surface area contributed by atoms with E-state index in [1.807, 2.05) is 4.98 Å². The summed E-state index contributed by atoms with van der Waals surface area (Å²) in [6, 6.07) is 1.01. The van der Waals surface area contributed by atoms with Gasteiger partial charge in [-0.3, -0.25) is 14.3 Å². The summed E-state index contributed by atoms with van der Waals surface area (Å²) in [6.45, 7) is -1.23. The lowest BCUT2D eigenvalue weighted by molar-refractivity contribution is -0.153. The maximum Gasteiger partial charge on any atom is 0.330 e. The van der Waals surface area contributed by atoms with Crippen LogP contribution in [0.4, 0.5) is 4.39 Å². The van der Waals surface area contributed by atoms with E-state index in [0.29, 0.717) is 0 Å². The van der Waals surface area contributed by atoms with Gasteiger partial charge in [0.1, 0.15) is 6.10 Å². The summed E-state index contributed by atoms with van der Waals surface area (Å²) in [4.78, 5) is 24.4. The summed E-state index contributed by atoms with van der Waals surface area (Å²) in [7, 11) is 0. The van der Waals surface area contributed by atoms with Gasteiger partial charge in [-0.2, -0.15) is 0 Å². The Bertz CT molecular complexity index is 527. The molecule has 7 nitrogen and oxygen atoms in total. The van der Waals surface area contributed by atoms with E-state index in [4.69, 9.17) is 4.74 Å². The molecule has 17 heavy (non-hydrogen) atoms. The quantitative estimate of drug-likeness (QED) is 0.555. The van der Waals surface area contributed by atoms with Crippen molar-refractivity contribution in [2.75, 3.05) is 13.2 Å². The van der Waals surface area contributed by atoms with Gasteiger partial charge in [0, 0.05) is 12.3 Å². The van der Waals surface area contributed by atoms with Crippen LogP contribution in [0.1, 0.15) is 0 Å². The Labute approximate surface area is 94.1 Å². The van der Waals surface area contributed by atoms with E-state index in [0.717, 1.165) is 16.8 Å². The number of hydrogen-bond acceptors (Lipinski definition) is 5. The molecule has 2 heterocycles. The number of ether oxygens (including phenoxy) is 1. The van der Waals surface area contributed by atoms with Crippen molar-refractivity contribution < 1.29 is 19.3 Å². The van der Waals surface area contributed by atoms with Crippen LogP contribution in [0.15, 0.2) is 21.9 Å². The number of rotatable bonds is 2. The average molecular weight is 246 g/mol. The molecule has 1 aromatic rings. The molecule has 0 saturated carbocycles. The Morgan fingerprint density at radius 3 is 2.82 bits per heavy atom. The van der Waals surface area contributed by atoms with Gasteiger partial charge in [0.2, 0.25) is 5.72 Å². The van der Waals surface area contributed by atoms with Gasteiger partial charge in [0.05, 0.1) is 13.2 Å². The van der Waals surface area contributed by atoms with Crippen LogP contribution in [0.25, 0.3) is 0 Å². The van der Waals surface area contributed by atoms with Crippen LogP contribution < -0.4 is 11.2 Å². The average Bonchev–Trinajstić information content (AvgIpc) is 2.58. The van der Waals surface area contributed by atoms with Gasteiger partial charge in [0.25, 0.3) is 5.56 Å². The molecule has 0 unspecified atom stereocenters. The number of nitrogens with one attached hydrogen (secondary N) is 1. The van der Waals surface area contributed by atoms with Crippen LogP contribution in [0.5, 0.6) is 0 Å². The molecular weight excluding hydrogens is 235 g/mol. The van der Waals surface area contributed by atoms with Crippen molar-refractivity contribution in [3.05, 3.63) is 33.1 Å². The third kappa shape index (κ3) is 1.70. The lowest BCUT2D eigenvalue weighted by Gasteiger charge is -2.30. The Morgan fingerprint density at radius 1 is 1.65 bits per heavy atom. The zero-order valence-corrected chi connectivity index (χ0v) is 8.67. The molecule has 1 aromatic heterocycles. The fourth-order valence-corrected chi connectivity index (χ4v) is 1.83. The number of alkyl halides is 1. The molecular formula is C9H11FN2O5. The molecule has 3 N–H and O–H groups in total. The van der Waals surface area contributed by atoms with Crippen LogP contribution in [0.2, 0.25) is 0 Å². The van der Waals surface area contributed by atoms with Crippen molar-refractivity contribution in [1.82, 2.24) is 9.55 Å². The highest BCUT2D eigenvalue weighted by molar-refractivity contribution is 4.98. The number of hydrogen-bond donors (Lipinski definition) is 3. The van der Waals surface area contributed by atoms with Gasteiger partial charge >= 0.3 is 5.69 Å². The molecule has 3 atom stereocenters. The lowest BCUT2D eigenvalue weighted by atomic mass is 10.1. The van der Waals surface area contributed by atoms with Crippen LogP contribution in [-0.4, -0.2) is 45.3 Å². The number of aromatic nitrogens is 2. The highest BCUT2D eigenvalue weighted by atomic mass is 19.1. The number of aliphatic hydroxyl groups excluding tert-OH is 2. The minimum atomic E-state index is -1.89. The Morgan fingerprint density at radius 2 is 2.35 bits per heavy atom. The summed E-state index contributed by atoms with van der Waals surface area (Å²) in [5.74, 6) is 0. The maximum absolute atomic E-state index is 13.2. The first kappa shape index (κ1) is 12.0. The maximum atomic E-state index is 13.2. The second-order valence-corrected chi connectivity index (χ2v) is 3.75.